The van der Waals surface area contributed by atoms with Crippen molar-refractivity contribution >= 4 is 12.6 Å². The molecule has 60 valence electrons. The van der Waals surface area contributed by atoms with E-state index in [1.807, 2.05) is 13.0 Å². The molecule has 0 N–H and O–H groups in total. The second kappa shape index (κ2) is 3.77. The van der Waals surface area contributed by atoms with Gasteiger partial charge in [0, 0.05) is 0 Å². The second-order valence-electron chi connectivity index (χ2n) is 2.57. The van der Waals surface area contributed by atoms with Gasteiger partial charge in [-0.05, 0) is 30.7 Å². The molecule has 0 unspecified atom stereocenters. The molecule has 1 aromatic carbocycles. The van der Waals surface area contributed by atoms with Gasteiger partial charge in [-0.3, -0.25) is 0 Å². The Morgan fingerprint density at radius 2 is 2.18 bits per heavy atom. The minimum Gasteiger partial charge on any atom is -0.207 e. The number of hydrogen-bond acceptors (Lipinski definition) is 1. The van der Waals surface area contributed by atoms with E-state index < -0.39 is 0 Å². The third-order valence-corrected chi connectivity index (χ3v) is 1.81. The molecule has 0 fully saturated rings. The molecule has 0 bridgehead atoms. The predicted octanol–water partition coefficient (Wildman–Crippen LogP) is 2.61. The molecule has 0 heterocycles. The number of hydrogen-bond donors (Lipinski definition) is 1. The molecule has 1 aromatic rings. The Balaban J connectivity index is 2.93. The van der Waals surface area contributed by atoms with E-state index in [1.54, 1.807) is 6.07 Å². The van der Waals surface area contributed by atoms with Gasteiger partial charge in [0.1, 0.15) is 5.82 Å². The van der Waals surface area contributed by atoms with Crippen molar-refractivity contribution in [3.63, 3.8) is 0 Å². The third-order valence-electron chi connectivity index (χ3n) is 1.58. The van der Waals surface area contributed by atoms with Gasteiger partial charge in [-0.15, -0.1) is 0 Å². The van der Waals surface area contributed by atoms with Crippen molar-refractivity contribution in [2.75, 3.05) is 5.75 Å². The first-order valence-electron chi connectivity index (χ1n) is 3.60. The summed E-state index contributed by atoms with van der Waals surface area (Å²) < 4.78 is 12.9. The summed E-state index contributed by atoms with van der Waals surface area (Å²) in [6.45, 7) is 1.96. The topological polar surface area (TPSA) is 0 Å². The average Bonchev–Trinajstić information content (AvgIpc) is 1.98. The van der Waals surface area contributed by atoms with E-state index in [0.717, 1.165) is 11.1 Å². The molecule has 11 heavy (non-hydrogen) atoms. The predicted molar refractivity (Wildman–Crippen MR) is 48.7 cm³/mol. The Kier molecular flexibility index (Phi) is 2.94. The number of thiol groups is 1. The van der Waals surface area contributed by atoms with Crippen LogP contribution in [0, 0.1) is 12.7 Å². The first kappa shape index (κ1) is 8.60. The van der Waals surface area contributed by atoms with Crippen LogP contribution in [-0.4, -0.2) is 5.75 Å². The van der Waals surface area contributed by atoms with Crippen LogP contribution < -0.4 is 0 Å². The molecule has 1 rings (SSSR count). The van der Waals surface area contributed by atoms with E-state index in [1.165, 1.54) is 6.07 Å². The van der Waals surface area contributed by atoms with Crippen LogP contribution in [-0.2, 0) is 6.42 Å². The van der Waals surface area contributed by atoms with Crippen molar-refractivity contribution in [1.82, 2.24) is 0 Å². The number of rotatable bonds is 2. The normalized spacial score (nSPS) is 10.1. The summed E-state index contributed by atoms with van der Waals surface area (Å²) in [6, 6.07) is 5.15. The Morgan fingerprint density at radius 1 is 1.45 bits per heavy atom. The highest BCUT2D eigenvalue weighted by Crippen LogP contribution is 2.10. The molecule has 0 aliphatic carbocycles. The monoisotopic (exact) mass is 170 g/mol. The molecule has 0 saturated carbocycles. The molecular weight excluding hydrogens is 159 g/mol. The highest BCUT2D eigenvalue weighted by atomic mass is 32.1. The van der Waals surface area contributed by atoms with Crippen LogP contribution in [0.4, 0.5) is 4.39 Å². The fraction of sp³-hybridized carbons (Fsp3) is 0.333. The van der Waals surface area contributed by atoms with Gasteiger partial charge >= 0.3 is 0 Å². The first-order chi connectivity index (χ1) is 5.24. The van der Waals surface area contributed by atoms with Gasteiger partial charge in [0.2, 0.25) is 0 Å². The second-order valence-corrected chi connectivity index (χ2v) is 3.02. The highest BCUT2D eigenvalue weighted by molar-refractivity contribution is 7.80. The summed E-state index contributed by atoms with van der Waals surface area (Å²) >= 11 is 4.05. The molecule has 0 atom stereocenters. The summed E-state index contributed by atoms with van der Waals surface area (Å²) in [5.41, 5.74) is 1.86. The summed E-state index contributed by atoms with van der Waals surface area (Å²) in [5.74, 6) is 0.574. The van der Waals surface area contributed by atoms with Gasteiger partial charge in [0.25, 0.3) is 0 Å². The SMILES string of the molecule is Cc1ccc(F)c(CCS)c1. The number of aryl methyl sites for hydroxylation is 2. The largest absolute Gasteiger partial charge is 0.207 e. The third kappa shape index (κ3) is 2.22. The van der Waals surface area contributed by atoms with Crippen LogP contribution >= 0.6 is 12.6 Å². The lowest BCUT2D eigenvalue weighted by molar-refractivity contribution is 0.612. The van der Waals surface area contributed by atoms with Crippen molar-refractivity contribution < 1.29 is 4.39 Å². The number of halogens is 1. The molecule has 0 nitrogen and oxygen atoms in total. The fourth-order valence-electron chi connectivity index (χ4n) is 1.02. The van der Waals surface area contributed by atoms with E-state index >= 15 is 0 Å². The Morgan fingerprint density at radius 3 is 2.82 bits per heavy atom. The quantitative estimate of drug-likeness (QED) is 0.648. The van der Waals surface area contributed by atoms with Gasteiger partial charge in [-0.2, -0.15) is 12.6 Å². The van der Waals surface area contributed by atoms with E-state index in [9.17, 15) is 4.39 Å². The molecule has 0 aliphatic heterocycles. The van der Waals surface area contributed by atoms with Crippen molar-refractivity contribution in [3.8, 4) is 0 Å². The standard InChI is InChI=1S/C9H11FS/c1-7-2-3-9(10)8(6-7)4-5-11/h2-3,6,11H,4-5H2,1H3. The Hall–Kier alpha value is -0.500. The van der Waals surface area contributed by atoms with E-state index in [2.05, 4.69) is 12.6 Å². The molecule has 0 saturated heterocycles. The van der Waals surface area contributed by atoms with Crippen LogP contribution in [0.2, 0.25) is 0 Å². The molecular formula is C9H11FS. The highest BCUT2D eigenvalue weighted by Gasteiger charge is 1.99. The summed E-state index contributed by atoms with van der Waals surface area (Å²) in [6.07, 6.45) is 0.705. The number of benzene rings is 1. The van der Waals surface area contributed by atoms with Crippen molar-refractivity contribution in [2.45, 2.75) is 13.3 Å². The van der Waals surface area contributed by atoms with Crippen molar-refractivity contribution in [2.24, 2.45) is 0 Å². The maximum Gasteiger partial charge on any atom is 0.126 e. The lowest BCUT2D eigenvalue weighted by Gasteiger charge is -2.01. The molecule has 0 amide bonds. The average molecular weight is 170 g/mol. The maximum absolute atomic E-state index is 12.9. The summed E-state index contributed by atoms with van der Waals surface area (Å²) in [4.78, 5) is 0. The first-order valence-corrected chi connectivity index (χ1v) is 4.23. The zero-order valence-corrected chi connectivity index (χ0v) is 7.37. The van der Waals surface area contributed by atoms with Gasteiger partial charge in [-0.25, -0.2) is 4.39 Å². The summed E-state index contributed by atoms with van der Waals surface area (Å²) in [5, 5.41) is 0. The molecule has 0 radical (unpaired) electrons. The fourth-order valence-corrected chi connectivity index (χ4v) is 1.26. The van der Waals surface area contributed by atoms with Crippen LogP contribution in [0.1, 0.15) is 11.1 Å². The Labute approximate surface area is 71.8 Å². The van der Waals surface area contributed by atoms with Crippen LogP contribution in [0.25, 0.3) is 0 Å². The molecule has 0 spiro atoms. The lowest BCUT2D eigenvalue weighted by Crippen LogP contribution is -1.91. The maximum atomic E-state index is 12.9. The lowest BCUT2D eigenvalue weighted by atomic mass is 10.1. The van der Waals surface area contributed by atoms with E-state index in [-0.39, 0.29) is 5.82 Å². The van der Waals surface area contributed by atoms with Gasteiger partial charge in [0.05, 0.1) is 0 Å². The molecule has 2 heteroatoms. The van der Waals surface area contributed by atoms with Crippen LogP contribution in [0.15, 0.2) is 18.2 Å². The van der Waals surface area contributed by atoms with Crippen LogP contribution in [0.3, 0.4) is 0 Å². The Bertz CT molecular complexity index is 245. The van der Waals surface area contributed by atoms with Crippen molar-refractivity contribution in [1.29, 1.82) is 0 Å². The minimum atomic E-state index is -0.121. The zero-order valence-electron chi connectivity index (χ0n) is 6.47. The zero-order chi connectivity index (χ0) is 8.27. The minimum absolute atomic E-state index is 0.121. The molecule has 0 aliphatic rings. The van der Waals surface area contributed by atoms with Crippen molar-refractivity contribution in [3.05, 3.63) is 35.1 Å². The molecule has 0 aromatic heterocycles. The van der Waals surface area contributed by atoms with Crippen LogP contribution in [0.5, 0.6) is 0 Å². The van der Waals surface area contributed by atoms with Gasteiger partial charge in [0.15, 0.2) is 0 Å². The summed E-state index contributed by atoms with van der Waals surface area (Å²) in [7, 11) is 0. The smallest absolute Gasteiger partial charge is 0.126 e. The van der Waals surface area contributed by atoms with E-state index in [4.69, 9.17) is 0 Å². The van der Waals surface area contributed by atoms with E-state index in [0.29, 0.717) is 12.2 Å². The van der Waals surface area contributed by atoms with Gasteiger partial charge < -0.3 is 0 Å². The van der Waals surface area contributed by atoms with Gasteiger partial charge in [-0.1, -0.05) is 17.7 Å².